The Morgan fingerprint density at radius 2 is 2.17 bits per heavy atom. The van der Waals surface area contributed by atoms with Crippen LogP contribution in [-0.4, -0.2) is 37.6 Å². The molecule has 1 aromatic rings. The number of rotatable bonds is 1. The van der Waals surface area contributed by atoms with Gasteiger partial charge < -0.3 is 9.80 Å². The summed E-state index contributed by atoms with van der Waals surface area (Å²) in [5, 5.41) is 8.74. The Kier molecular flexibility index (Phi) is 3.83. The van der Waals surface area contributed by atoms with Gasteiger partial charge in [-0.15, -0.1) is 0 Å². The van der Waals surface area contributed by atoms with Crippen LogP contribution in [-0.2, 0) is 0 Å². The second kappa shape index (κ2) is 5.36. The second-order valence-corrected chi connectivity index (χ2v) is 4.93. The molecule has 0 radical (unpaired) electrons. The van der Waals surface area contributed by atoms with Crippen molar-refractivity contribution in [2.24, 2.45) is 0 Å². The summed E-state index contributed by atoms with van der Waals surface area (Å²) in [5.74, 6) is -0.431. The number of halogens is 1. The van der Waals surface area contributed by atoms with Gasteiger partial charge in [0.2, 0.25) is 0 Å². The predicted molar refractivity (Wildman–Crippen MR) is 70.0 cm³/mol. The van der Waals surface area contributed by atoms with Gasteiger partial charge in [-0.1, -0.05) is 0 Å². The Balaban J connectivity index is 2.25. The van der Waals surface area contributed by atoms with Crippen molar-refractivity contribution in [1.82, 2.24) is 4.90 Å². The topological polar surface area (TPSA) is 30.3 Å². The highest BCUT2D eigenvalue weighted by molar-refractivity contribution is 5.51. The number of nitrogens with zero attached hydrogens (tertiary/aromatic N) is 3. The van der Waals surface area contributed by atoms with Crippen LogP contribution >= 0.6 is 0 Å². The Morgan fingerprint density at radius 1 is 1.39 bits per heavy atom. The van der Waals surface area contributed by atoms with Gasteiger partial charge in [-0.05, 0) is 45.1 Å². The first-order valence-corrected chi connectivity index (χ1v) is 6.26. The third-order valence-corrected chi connectivity index (χ3v) is 3.45. The number of nitriles is 1. The number of likely N-dealkylation sites (N-methyl/N-ethyl adjacent to an activating group) is 1. The average molecular weight is 247 g/mol. The first-order chi connectivity index (χ1) is 8.61. The minimum atomic E-state index is -0.431. The molecule has 0 saturated carbocycles. The number of benzene rings is 1. The molecule has 0 spiro atoms. The summed E-state index contributed by atoms with van der Waals surface area (Å²) in [5.41, 5.74) is 0.979. The van der Waals surface area contributed by atoms with Crippen molar-refractivity contribution in [3.8, 4) is 6.07 Å². The molecule has 0 amide bonds. The highest BCUT2D eigenvalue weighted by Gasteiger charge is 2.20. The Hall–Kier alpha value is -1.60. The first kappa shape index (κ1) is 12.8. The fourth-order valence-corrected chi connectivity index (χ4v) is 2.53. The van der Waals surface area contributed by atoms with E-state index in [1.165, 1.54) is 6.07 Å². The molecule has 1 unspecified atom stereocenters. The van der Waals surface area contributed by atoms with Crippen molar-refractivity contribution in [3.05, 3.63) is 29.6 Å². The van der Waals surface area contributed by atoms with E-state index in [0.717, 1.165) is 31.7 Å². The van der Waals surface area contributed by atoms with Gasteiger partial charge in [0.05, 0.1) is 5.56 Å². The van der Waals surface area contributed by atoms with E-state index in [1.54, 1.807) is 6.07 Å². The van der Waals surface area contributed by atoms with E-state index in [0.29, 0.717) is 6.04 Å². The van der Waals surface area contributed by atoms with Crippen LogP contribution in [0.4, 0.5) is 10.1 Å². The maximum absolute atomic E-state index is 13.7. The summed E-state index contributed by atoms with van der Waals surface area (Å²) in [6, 6.07) is 7.08. The van der Waals surface area contributed by atoms with Crippen LogP contribution in [0.2, 0.25) is 0 Å². The largest absolute Gasteiger partial charge is 0.367 e. The molecule has 18 heavy (non-hydrogen) atoms. The molecule has 1 saturated heterocycles. The van der Waals surface area contributed by atoms with Gasteiger partial charge in [-0.25, -0.2) is 4.39 Å². The van der Waals surface area contributed by atoms with Crippen LogP contribution in [0.25, 0.3) is 0 Å². The molecule has 0 aromatic heterocycles. The van der Waals surface area contributed by atoms with Crippen molar-refractivity contribution in [2.45, 2.75) is 19.4 Å². The molecule has 0 bridgehead atoms. The van der Waals surface area contributed by atoms with Crippen LogP contribution in [0, 0.1) is 17.1 Å². The van der Waals surface area contributed by atoms with Crippen molar-refractivity contribution in [2.75, 3.05) is 31.6 Å². The van der Waals surface area contributed by atoms with Crippen LogP contribution in [0.3, 0.4) is 0 Å². The third kappa shape index (κ3) is 2.62. The van der Waals surface area contributed by atoms with E-state index in [2.05, 4.69) is 23.8 Å². The van der Waals surface area contributed by atoms with E-state index < -0.39 is 5.82 Å². The summed E-state index contributed by atoms with van der Waals surface area (Å²) in [7, 11) is 2.11. The van der Waals surface area contributed by atoms with Crippen molar-refractivity contribution >= 4 is 5.69 Å². The van der Waals surface area contributed by atoms with Gasteiger partial charge in [0.1, 0.15) is 11.9 Å². The zero-order valence-corrected chi connectivity index (χ0v) is 10.9. The molecule has 1 aliphatic rings. The van der Waals surface area contributed by atoms with Gasteiger partial charge >= 0.3 is 0 Å². The summed E-state index contributed by atoms with van der Waals surface area (Å²) in [6.45, 7) is 5.12. The lowest BCUT2D eigenvalue weighted by molar-refractivity contribution is 0.337. The molecule has 0 N–H and O–H groups in total. The monoisotopic (exact) mass is 247 g/mol. The maximum Gasteiger partial charge on any atom is 0.143 e. The zero-order valence-electron chi connectivity index (χ0n) is 10.9. The molecule has 1 aromatic carbocycles. The van der Waals surface area contributed by atoms with Crippen molar-refractivity contribution in [3.63, 3.8) is 0 Å². The molecule has 1 fully saturated rings. The minimum absolute atomic E-state index is 0.110. The van der Waals surface area contributed by atoms with E-state index in [9.17, 15) is 4.39 Å². The van der Waals surface area contributed by atoms with Crippen LogP contribution in [0.5, 0.6) is 0 Å². The molecule has 0 aliphatic carbocycles. The highest BCUT2D eigenvalue weighted by atomic mass is 19.1. The third-order valence-electron chi connectivity index (χ3n) is 3.45. The Morgan fingerprint density at radius 3 is 2.83 bits per heavy atom. The zero-order chi connectivity index (χ0) is 13.1. The van der Waals surface area contributed by atoms with E-state index >= 15 is 0 Å². The molecular formula is C14H18FN3. The second-order valence-electron chi connectivity index (χ2n) is 4.93. The molecule has 4 heteroatoms. The van der Waals surface area contributed by atoms with Gasteiger partial charge in [0.25, 0.3) is 0 Å². The first-order valence-electron chi connectivity index (χ1n) is 6.26. The Bertz CT molecular complexity index is 467. The van der Waals surface area contributed by atoms with Gasteiger partial charge in [0.15, 0.2) is 0 Å². The smallest absolute Gasteiger partial charge is 0.143 e. The predicted octanol–water partition coefficient (Wildman–Crippen LogP) is 2.23. The number of hydrogen-bond donors (Lipinski definition) is 0. The summed E-state index contributed by atoms with van der Waals surface area (Å²) in [4.78, 5) is 4.51. The van der Waals surface area contributed by atoms with Crippen LogP contribution in [0.15, 0.2) is 18.2 Å². The summed E-state index contributed by atoms with van der Waals surface area (Å²) < 4.78 is 13.7. The summed E-state index contributed by atoms with van der Waals surface area (Å²) in [6.07, 6.45) is 1.07. The van der Waals surface area contributed by atoms with E-state index in [-0.39, 0.29) is 5.56 Å². The standard InChI is InChI=1S/C14H18FN3/c1-11-10-17(2)6-3-7-18(11)13-5-4-12(9-16)14(15)8-13/h4-5,8,11H,3,6-7,10H2,1-2H3. The number of hydrogen-bond acceptors (Lipinski definition) is 3. The summed E-state index contributed by atoms with van der Waals surface area (Å²) >= 11 is 0. The molecule has 1 aliphatic heterocycles. The minimum Gasteiger partial charge on any atom is -0.367 e. The number of anilines is 1. The lowest BCUT2D eigenvalue weighted by Gasteiger charge is -2.30. The van der Waals surface area contributed by atoms with Gasteiger partial charge in [-0.3, -0.25) is 0 Å². The molecule has 2 rings (SSSR count). The average Bonchev–Trinajstić information content (AvgIpc) is 2.50. The molecule has 1 heterocycles. The van der Waals surface area contributed by atoms with Crippen LogP contribution < -0.4 is 4.90 Å². The molecular weight excluding hydrogens is 229 g/mol. The lowest BCUT2D eigenvalue weighted by atomic mass is 10.1. The van der Waals surface area contributed by atoms with Gasteiger partial charge in [-0.2, -0.15) is 5.26 Å². The van der Waals surface area contributed by atoms with Crippen molar-refractivity contribution < 1.29 is 4.39 Å². The van der Waals surface area contributed by atoms with Crippen LogP contribution in [0.1, 0.15) is 18.9 Å². The molecule has 3 nitrogen and oxygen atoms in total. The quantitative estimate of drug-likeness (QED) is 0.762. The maximum atomic E-state index is 13.7. The van der Waals surface area contributed by atoms with Crippen molar-refractivity contribution in [1.29, 1.82) is 5.26 Å². The highest BCUT2D eigenvalue weighted by Crippen LogP contribution is 2.22. The lowest BCUT2D eigenvalue weighted by Crippen LogP contribution is -2.37. The molecule has 1 atom stereocenters. The van der Waals surface area contributed by atoms with E-state index in [4.69, 9.17) is 5.26 Å². The normalized spacial score (nSPS) is 21.4. The fourth-order valence-electron chi connectivity index (χ4n) is 2.53. The fraction of sp³-hybridized carbons (Fsp3) is 0.500. The van der Waals surface area contributed by atoms with Gasteiger partial charge in [0, 0.05) is 24.8 Å². The molecule has 96 valence electrons. The SMILES string of the molecule is CC1CN(C)CCCN1c1ccc(C#N)c(F)c1. The van der Waals surface area contributed by atoms with E-state index in [1.807, 2.05) is 12.1 Å². The Labute approximate surface area is 107 Å².